The minimum atomic E-state index is -0.788. The molecule has 0 aliphatic heterocycles. The molecule has 0 bridgehead atoms. The molecule has 6 heteroatoms. The topological polar surface area (TPSA) is 71.1 Å². The van der Waals surface area contributed by atoms with Crippen molar-refractivity contribution in [2.75, 3.05) is 14.2 Å². The Morgan fingerprint density at radius 3 is 1.42 bits per heavy atom. The Morgan fingerprint density at radius 1 is 0.833 bits per heavy atom. The van der Waals surface area contributed by atoms with Crippen molar-refractivity contribution in [3.8, 4) is 11.5 Å². The van der Waals surface area contributed by atoms with Gasteiger partial charge in [0.2, 0.25) is 0 Å². The SMILES string of the molecule is COOc1c(OOC)c(=O)c1=O. The van der Waals surface area contributed by atoms with Gasteiger partial charge in [-0.25, -0.2) is 0 Å². The van der Waals surface area contributed by atoms with Crippen LogP contribution in [-0.2, 0) is 9.78 Å². The molecule has 1 rings (SSSR count). The molecule has 0 fully saturated rings. The number of rotatable bonds is 4. The second-order valence-corrected chi connectivity index (χ2v) is 1.82. The molecule has 0 atom stereocenters. The Labute approximate surface area is 66.8 Å². The molecule has 12 heavy (non-hydrogen) atoms. The summed E-state index contributed by atoms with van der Waals surface area (Å²) in [5, 5.41) is 0. The van der Waals surface area contributed by atoms with Crippen molar-refractivity contribution in [3.63, 3.8) is 0 Å². The van der Waals surface area contributed by atoms with Gasteiger partial charge in [0.05, 0.1) is 14.2 Å². The zero-order valence-corrected chi connectivity index (χ0v) is 6.45. The summed E-state index contributed by atoms with van der Waals surface area (Å²) in [6, 6.07) is 0. The van der Waals surface area contributed by atoms with Gasteiger partial charge < -0.3 is 9.78 Å². The van der Waals surface area contributed by atoms with E-state index in [0.29, 0.717) is 0 Å². The van der Waals surface area contributed by atoms with Crippen LogP contribution in [0.2, 0.25) is 0 Å². The predicted molar refractivity (Wildman–Crippen MR) is 36.6 cm³/mol. The molecule has 1 aromatic rings. The normalized spacial score (nSPS) is 10.2. The van der Waals surface area contributed by atoms with Gasteiger partial charge in [0.25, 0.3) is 22.4 Å². The Hall–Kier alpha value is -1.40. The summed E-state index contributed by atoms with van der Waals surface area (Å²) >= 11 is 0. The molecule has 0 amide bonds. The second kappa shape index (κ2) is 3.33. The summed E-state index contributed by atoms with van der Waals surface area (Å²) in [7, 11) is 2.40. The first-order valence-electron chi connectivity index (χ1n) is 2.97. The van der Waals surface area contributed by atoms with Crippen LogP contribution in [0.3, 0.4) is 0 Å². The Morgan fingerprint density at radius 2 is 1.17 bits per heavy atom. The van der Waals surface area contributed by atoms with Crippen LogP contribution in [0.5, 0.6) is 11.5 Å². The molecule has 0 heterocycles. The average Bonchev–Trinajstić information content (AvgIpc) is 2.10. The lowest BCUT2D eigenvalue weighted by Gasteiger charge is -2.06. The first kappa shape index (κ1) is 8.69. The molecule has 0 N–H and O–H groups in total. The van der Waals surface area contributed by atoms with E-state index >= 15 is 0 Å². The molecule has 0 spiro atoms. The van der Waals surface area contributed by atoms with Crippen molar-refractivity contribution in [2.45, 2.75) is 0 Å². The van der Waals surface area contributed by atoms with Crippen molar-refractivity contribution in [1.82, 2.24) is 0 Å². The molecule has 0 unspecified atom stereocenters. The third-order valence-corrected chi connectivity index (χ3v) is 1.16. The Kier molecular flexibility index (Phi) is 2.41. The maximum absolute atomic E-state index is 10.7. The summed E-state index contributed by atoms with van der Waals surface area (Å²) in [5.41, 5.74) is -1.58. The minimum Gasteiger partial charge on any atom is -0.329 e. The van der Waals surface area contributed by atoms with E-state index < -0.39 is 10.9 Å². The van der Waals surface area contributed by atoms with Crippen LogP contribution in [0.25, 0.3) is 0 Å². The van der Waals surface area contributed by atoms with Crippen LogP contribution in [0, 0.1) is 0 Å². The predicted octanol–water partition coefficient (Wildman–Crippen LogP) is -0.837. The van der Waals surface area contributed by atoms with Gasteiger partial charge in [-0.2, -0.15) is 9.78 Å². The van der Waals surface area contributed by atoms with E-state index in [9.17, 15) is 9.59 Å². The smallest absolute Gasteiger partial charge is 0.280 e. The lowest BCUT2D eigenvalue weighted by Crippen LogP contribution is -2.33. The quantitative estimate of drug-likeness (QED) is 0.337. The van der Waals surface area contributed by atoms with E-state index in [1.807, 2.05) is 0 Å². The molecule has 0 aliphatic rings. The fraction of sp³-hybridized carbons (Fsp3) is 0.333. The maximum Gasteiger partial charge on any atom is 0.280 e. The Bertz CT molecular complexity index is 300. The maximum atomic E-state index is 10.7. The van der Waals surface area contributed by atoms with E-state index in [2.05, 4.69) is 19.6 Å². The van der Waals surface area contributed by atoms with Crippen molar-refractivity contribution in [2.24, 2.45) is 0 Å². The van der Waals surface area contributed by atoms with Crippen LogP contribution in [0.4, 0.5) is 0 Å². The molecular weight excluding hydrogens is 168 g/mol. The van der Waals surface area contributed by atoms with Gasteiger partial charge in [0.1, 0.15) is 0 Å². The zero-order valence-electron chi connectivity index (χ0n) is 6.45. The highest BCUT2D eigenvalue weighted by atomic mass is 17.2. The molecule has 0 aliphatic carbocycles. The van der Waals surface area contributed by atoms with Gasteiger partial charge in [0.15, 0.2) is 0 Å². The first-order valence-corrected chi connectivity index (χ1v) is 2.97. The molecule has 1 aromatic carbocycles. The number of hydrogen-bond donors (Lipinski definition) is 0. The molecule has 0 aromatic heterocycles. The van der Waals surface area contributed by atoms with E-state index in [0.717, 1.165) is 0 Å². The van der Waals surface area contributed by atoms with E-state index in [1.165, 1.54) is 14.2 Å². The van der Waals surface area contributed by atoms with Crippen LogP contribution >= 0.6 is 0 Å². The second-order valence-electron chi connectivity index (χ2n) is 1.82. The third-order valence-electron chi connectivity index (χ3n) is 1.16. The van der Waals surface area contributed by atoms with Crippen LogP contribution < -0.4 is 20.6 Å². The summed E-state index contributed by atoms with van der Waals surface area (Å²) in [6.45, 7) is 0. The molecule has 0 saturated heterocycles. The van der Waals surface area contributed by atoms with Gasteiger partial charge >= 0.3 is 0 Å². The Balaban J connectivity index is 2.89. The third kappa shape index (κ3) is 1.17. The fourth-order valence-corrected chi connectivity index (χ4v) is 0.668. The minimum absolute atomic E-state index is 0.274. The largest absolute Gasteiger partial charge is 0.329 e. The van der Waals surface area contributed by atoms with E-state index in [4.69, 9.17) is 0 Å². The van der Waals surface area contributed by atoms with Crippen molar-refractivity contribution < 1.29 is 19.6 Å². The number of hydrogen-bond acceptors (Lipinski definition) is 6. The highest BCUT2D eigenvalue weighted by molar-refractivity contribution is 5.45. The lowest BCUT2D eigenvalue weighted by molar-refractivity contribution is -0.205. The van der Waals surface area contributed by atoms with Crippen molar-refractivity contribution in [1.29, 1.82) is 0 Å². The van der Waals surface area contributed by atoms with Crippen LogP contribution in [-0.4, -0.2) is 14.2 Å². The monoisotopic (exact) mass is 174 g/mol. The van der Waals surface area contributed by atoms with Gasteiger partial charge in [-0.05, 0) is 0 Å². The van der Waals surface area contributed by atoms with E-state index in [1.54, 1.807) is 0 Å². The van der Waals surface area contributed by atoms with Gasteiger partial charge in [0, 0.05) is 0 Å². The zero-order chi connectivity index (χ0) is 9.14. The van der Waals surface area contributed by atoms with Gasteiger partial charge in [-0.1, -0.05) is 0 Å². The summed E-state index contributed by atoms with van der Waals surface area (Å²) < 4.78 is 0. The summed E-state index contributed by atoms with van der Waals surface area (Å²) in [6.07, 6.45) is 0. The average molecular weight is 174 g/mol. The fourth-order valence-electron chi connectivity index (χ4n) is 0.668. The summed E-state index contributed by atoms with van der Waals surface area (Å²) in [4.78, 5) is 38.4. The van der Waals surface area contributed by atoms with Crippen molar-refractivity contribution in [3.05, 3.63) is 20.4 Å². The molecule has 66 valence electrons. The summed E-state index contributed by atoms with van der Waals surface area (Å²) in [5.74, 6) is -0.547. The van der Waals surface area contributed by atoms with Crippen LogP contribution in [0.1, 0.15) is 0 Å². The highest BCUT2D eigenvalue weighted by Crippen LogP contribution is 2.19. The lowest BCUT2D eigenvalue weighted by atomic mass is 10.2. The van der Waals surface area contributed by atoms with Gasteiger partial charge in [-0.3, -0.25) is 9.59 Å². The standard InChI is InChI=1S/C6H6O6/c1-9-11-5-3(7)4(8)6(5)12-10-2/h1-2H3. The highest BCUT2D eigenvalue weighted by Gasteiger charge is 2.26. The van der Waals surface area contributed by atoms with Gasteiger partial charge in [-0.15, -0.1) is 0 Å². The van der Waals surface area contributed by atoms with E-state index in [-0.39, 0.29) is 11.5 Å². The first-order chi connectivity index (χ1) is 5.72. The molecule has 0 radical (unpaired) electrons. The molecular formula is C6H6O6. The van der Waals surface area contributed by atoms with Crippen molar-refractivity contribution >= 4 is 0 Å². The molecule has 6 nitrogen and oxygen atoms in total. The molecule has 0 saturated carbocycles. The van der Waals surface area contributed by atoms with Crippen LogP contribution in [0.15, 0.2) is 9.59 Å².